The van der Waals surface area contributed by atoms with Gasteiger partial charge in [-0.05, 0) is 49.1 Å². The molecule has 2 aliphatic rings. The molecule has 5 rings (SSSR count). The molecule has 1 fully saturated rings. The third kappa shape index (κ3) is 3.48. The van der Waals surface area contributed by atoms with Gasteiger partial charge in [0.1, 0.15) is 11.6 Å². The Bertz CT molecular complexity index is 1180. The fraction of sp³-hybridized carbons (Fsp3) is 0.348. The summed E-state index contributed by atoms with van der Waals surface area (Å²) in [4.78, 5) is 35.2. The van der Waals surface area contributed by atoms with Crippen molar-refractivity contribution in [3.63, 3.8) is 0 Å². The van der Waals surface area contributed by atoms with Crippen LogP contribution in [0.5, 0.6) is 5.75 Å². The van der Waals surface area contributed by atoms with Gasteiger partial charge in [-0.15, -0.1) is 0 Å². The van der Waals surface area contributed by atoms with Gasteiger partial charge in [0, 0.05) is 43.6 Å². The minimum atomic E-state index is -0.137. The van der Waals surface area contributed by atoms with Gasteiger partial charge in [0.05, 0.1) is 18.4 Å². The molecule has 2 atom stereocenters. The lowest BCUT2D eigenvalue weighted by Crippen LogP contribution is -2.50. The summed E-state index contributed by atoms with van der Waals surface area (Å²) in [6.07, 6.45) is 4.34. The molecule has 2 bridgehead atoms. The zero-order valence-corrected chi connectivity index (χ0v) is 17.6. The molecule has 8 nitrogen and oxygen atoms in total. The predicted octanol–water partition coefficient (Wildman–Crippen LogP) is 3.21. The predicted molar refractivity (Wildman–Crippen MR) is 117 cm³/mol. The molecule has 31 heavy (non-hydrogen) atoms. The standard InChI is InChI=1S/C23H25N5O3/c1-14-3-6-20(31-2)18(9-14)26-23(30)27-11-15-10-16(13-27)19-5-4-17(21-24-7-8-25-21)22(29)28(19)12-15/h3-9,15-16H,10-13H2,1-2H3,(H,24,25)(H,26,30)/t15-,16+/m0/s1. The molecule has 8 heteroatoms. The van der Waals surface area contributed by atoms with Gasteiger partial charge < -0.3 is 24.5 Å². The number of nitrogens with one attached hydrogen (secondary N) is 2. The smallest absolute Gasteiger partial charge is 0.321 e. The van der Waals surface area contributed by atoms with Crippen LogP contribution >= 0.6 is 0 Å². The lowest BCUT2D eigenvalue weighted by atomic mass is 9.83. The summed E-state index contributed by atoms with van der Waals surface area (Å²) in [7, 11) is 1.59. The van der Waals surface area contributed by atoms with E-state index < -0.39 is 0 Å². The quantitative estimate of drug-likeness (QED) is 0.682. The Morgan fingerprint density at radius 2 is 2.10 bits per heavy atom. The molecule has 1 saturated heterocycles. The van der Waals surface area contributed by atoms with E-state index >= 15 is 0 Å². The van der Waals surface area contributed by atoms with Crippen LogP contribution in [-0.4, -0.2) is 45.7 Å². The van der Waals surface area contributed by atoms with Crippen LogP contribution in [-0.2, 0) is 6.54 Å². The van der Waals surface area contributed by atoms with Crippen LogP contribution in [0.15, 0.2) is 47.5 Å². The number of aryl methyl sites for hydroxylation is 1. The second-order valence-corrected chi connectivity index (χ2v) is 8.36. The number of pyridine rings is 1. The Morgan fingerprint density at radius 3 is 2.87 bits per heavy atom. The minimum absolute atomic E-state index is 0.0236. The molecular formula is C23H25N5O3. The van der Waals surface area contributed by atoms with Gasteiger partial charge in [0.25, 0.3) is 5.56 Å². The molecule has 0 aliphatic carbocycles. The average molecular weight is 419 g/mol. The van der Waals surface area contributed by atoms with Crippen LogP contribution in [0, 0.1) is 12.8 Å². The number of benzene rings is 1. The number of aromatic amines is 1. The molecular weight excluding hydrogens is 394 g/mol. The minimum Gasteiger partial charge on any atom is -0.495 e. The first-order valence-electron chi connectivity index (χ1n) is 10.5. The van der Waals surface area contributed by atoms with E-state index in [2.05, 4.69) is 15.3 Å². The molecule has 2 aromatic heterocycles. The van der Waals surface area contributed by atoms with Crippen molar-refractivity contribution in [2.75, 3.05) is 25.5 Å². The topological polar surface area (TPSA) is 92.2 Å². The first-order chi connectivity index (χ1) is 15.0. The molecule has 4 heterocycles. The highest BCUT2D eigenvalue weighted by molar-refractivity contribution is 5.91. The number of carbonyl (C=O) groups is 1. The van der Waals surface area contributed by atoms with Gasteiger partial charge in [0.15, 0.2) is 0 Å². The number of carbonyl (C=O) groups excluding carboxylic acids is 1. The number of likely N-dealkylation sites (tertiary alicyclic amines) is 1. The summed E-state index contributed by atoms with van der Waals surface area (Å²) >= 11 is 0. The normalized spacial score (nSPS) is 19.6. The molecule has 2 N–H and O–H groups in total. The number of H-pyrrole nitrogens is 1. The fourth-order valence-corrected chi connectivity index (χ4v) is 4.82. The van der Waals surface area contributed by atoms with Crippen LogP contribution in [0.25, 0.3) is 11.4 Å². The second kappa shape index (κ2) is 7.61. The number of hydrogen-bond acceptors (Lipinski definition) is 4. The summed E-state index contributed by atoms with van der Waals surface area (Å²) in [5.74, 6) is 1.60. The van der Waals surface area contributed by atoms with E-state index in [9.17, 15) is 9.59 Å². The molecule has 1 aromatic carbocycles. The van der Waals surface area contributed by atoms with E-state index in [1.54, 1.807) is 19.5 Å². The van der Waals surface area contributed by atoms with Crippen molar-refractivity contribution in [1.82, 2.24) is 19.4 Å². The first-order valence-corrected chi connectivity index (χ1v) is 10.5. The summed E-state index contributed by atoms with van der Waals surface area (Å²) in [5, 5.41) is 3.01. The number of rotatable bonds is 3. The highest BCUT2D eigenvalue weighted by atomic mass is 16.5. The Balaban J connectivity index is 1.39. The SMILES string of the molecule is COc1ccc(C)cc1NC(=O)N1C[C@@H]2C[C@H](C1)c1ccc(-c3ncc[nH]3)c(=O)n1C2. The summed E-state index contributed by atoms with van der Waals surface area (Å²) < 4.78 is 7.26. The van der Waals surface area contributed by atoms with Gasteiger partial charge in [0.2, 0.25) is 0 Å². The summed E-state index contributed by atoms with van der Waals surface area (Å²) in [5.41, 5.74) is 3.26. The maximum absolute atomic E-state index is 13.1. The lowest BCUT2D eigenvalue weighted by molar-refractivity contribution is 0.139. The number of nitrogens with zero attached hydrogens (tertiary/aromatic N) is 3. The van der Waals surface area contributed by atoms with Crippen molar-refractivity contribution in [2.24, 2.45) is 5.92 Å². The van der Waals surface area contributed by atoms with E-state index in [1.165, 1.54) is 0 Å². The van der Waals surface area contributed by atoms with Crippen molar-refractivity contribution in [2.45, 2.75) is 25.8 Å². The molecule has 2 aliphatic heterocycles. The van der Waals surface area contributed by atoms with E-state index in [-0.39, 0.29) is 23.4 Å². The Hall–Kier alpha value is -3.55. The number of amides is 2. The Morgan fingerprint density at radius 1 is 1.23 bits per heavy atom. The van der Waals surface area contributed by atoms with Crippen molar-refractivity contribution in [1.29, 1.82) is 0 Å². The number of aromatic nitrogens is 3. The number of hydrogen-bond donors (Lipinski definition) is 2. The van der Waals surface area contributed by atoms with Gasteiger partial charge >= 0.3 is 6.03 Å². The average Bonchev–Trinajstić information content (AvgIpc) is 3.29. The fourth-order valence-electron chi connectivity index (χ4n) is 4.82. The Labute approximate surface area is 179 Å². The number of ether oxygens (including phenoxy) is 1. The van der Waals surface area contributed by atoms with Gasteiger partial charge in [-0.25, -0.2) is 9.78 Å². The first kappa shape index (κ1) is 19.4. The van der Waals surface area contributed by atoms with E-state index in [1.807, 2.05) is 46.7 Å². The lowest BCUT2D eigenvalue weighted by Gasteiger charge is -2.42. The molecule has 0 saturated carbocycles. The number of urea groups is 1. The Kier molecular flexibility index (Phi) is 4.77. The number of imidazole rings is 1. The molecule has 3 aromatic rings. The van der Waals surface area contributed by atoms with E-state index in [4.69, 9.17) is 4.74 Å². The summed E-state index contributed by atoms with van der Waals surface area (Å²) in [6.45, 7) is 3.78. The van der Waals surface area contributed by atoms with Gasteiger partial charge in [-0.1, -0.05) is 6.07 Å². The third-order valence-corrected chi connectivity index (χ3v) is 6.24. The van der Waals surface area contributed by atoms with Gasteiger partial charge in [-0.3, -0.25) is 4.79 Å². The zero-order chi connectivity index (χ0) is 21.5. The highest BCUT2D eigenvalue weighted by Gasteiger charge is 2.37. The number of fused-ring (bicyclic) bond motifs is 4. The number of piperidine rings is 1. The van der Waals surface area contributed by atoms with Gasteiger partial charge in [-0.2, -0.15) is 0 Å². The molecule has 160 valence electrons. The maximum Gasteiger partial charge on any atom is 0.321 e. The van der Waals surface area contributed by atoms with Crippen molar-refractivity contribution in [3.8, 4) is 17.1 Å². The number of anilines is 1. The van der Waals surface area contributed by atoms with Crippen LogP contribution < -0.4 is 15.6 Å². The summed E-state index contributed by atoms with van der Waals surface area (Å²) in [6, 6.07) is 9.42. The van der Waals surface area contributed by atoms with Crippen LogP contribution in [0.1, 0.15) is 23.6 Å². The molecule has 0 unspecified atom stereocenters. The number of methoxy groups -OCH3 is 1. The molecule has 0 spiro atoms. The maximum atomic E-state index is 13.1. The molecule has 0 radical (unpaired) electrons. The second-order valence-electron chi connectivity index (χ2n) is 8.36. The van der Waals surface area contributed by atoms with Crippen LogP contribution in [0.3, 0.4) is 0 Å². The van der Waals surface area contributed by atoms with Crippen molar-refractivity contribution >= 4 is 11.7 Å². The van der Waals surface area contributed by atoms with Crippen molar-refractivity contribution < 1.29 is 9.53 Å². The zero-order valence-electron chi connectivity index (χ0n) is 17.6. The van der Waals surface area contributed by atoms with E-state index in [0.717, 1.165) is 17.7 Å². The largest absolute Gasteiger partial charge is 0.495 e. The van der Waals surface area contributed by atoms with E-state index in [0.29, 0.717) is 42.5 Å². The van der Waals surface area contributed by atoms with Crippen LogP contribution in [0.2, 0.25) is 0 Å². The third-order valence-electron chi connectivity index (χ3n) is 6.24. The van der Waals surface area contributed by atoms with Crippen molar-refractivity contribution in [3.05, 3.63) is 64.3 Å². The molecule has 2 amide bonds. The monoisotopic (exact) mass is 419 g/mol. The van der Waals surface area contributed by atoms with Crippen LogP contribution in [0.4, 0.5) is 10.5 Å². The highest BCUT2D eigenvalue weighted by Crippen LogP contribution is 2.36.